The Morgan fingerprint density at radius 2 is 1.83 bits per heavy atom. The van der Waals surface area contributed by atoms with Crippen LogP contribution < -0.4 is 10.8 Å². The number of benzene rings is 1. The van der Waals surface area contributed by atoms with Crippen LogP contribution in [0.4, 0.5) is 4.79 Å². The summed E-state index contributed by atoms with van der Waals surface area (Å²) in [5, 5.41) is 11.6. The van der Waals surface area contributed by atoms with E-state index < -0.39 is 6.03 Å². The molecule has 1 aromatic carbocycles. The second-order valence-electron chi connectivity index (χ2n) is 5.07. The van der Waals surface area contributed by atoms with Crippen molar-refractivity contribution in [2.24, 2.45) is 0 Å². The minimum absolute atomic E-state index is 0.216. The lowest BCUT2D eigenvalue weighted by molar-refractivity contribution is 0.143. The maximum absolute atomic E-state index is 11.4. The fourth-order valence-electron chi connectivity index (χ4n) is 2.83. The van der Waals surface area contributed by atoms with Gasteiger partial charge in [0, 0.05) is 5.54 Å². The molecule has 1 aliphatic carbocycles. The Kier molecular flexibility index (Phi) is 4.20. The standard InChI is InChI=1S/C14H20N2O2/c17-13(16-18)15-14(9-5-2-6-10-14)11-12-7-3-1-4-8-12/h1,3-4,7-8,18H,2,5-6,9-11H2,(H2,15,16,17). The van der Waals surface area contributed by atoms with Crippen LogP contribution in [0.3, 0.4) is 0 Å². The van der Waals surface area contributed by atoms with Crippen LogP contribution in [0.25, 0.3) is 0 Å². The van der Waals surface area contributed by atoms with Crippen molar-refractivity contribution in [3.8, 4) is 0 Å². The van der Waals surface area contributed by atoms with Crippen LogP contribution >= 0.6 is 0 Å². The SMILES string of the molecule is O=C(NO)NC1(Cc2ccccc2)CCCCC1. The van der Waals surface area contributed by atoms with E-state index in [-0.39, 0.29) is 5.54 Å². The Morgan fingerprint density at radius 1 is 1.17 bits per heavy atom. The third-order valence-electron chi connectivity index (χ3n) is 3.68. The van der Waals surface area contributed by atoms with Gasteiger partial charge in [-0.3, -0.25) is 5.21 Å². The number of hydroxylamine groups is 1. The highest BCUT2D eigenvalue weighted by Gasteiger charge is 2.33. The summed E-state index contributed by atoms with van der Waals surface area (Å²) in [4.78, 5) is 11.4. The van der Waals surface area contributed by atoms with E-state index in [1.54, 1.807) is 5.48 Å². The van der Waals surface area contributed by atoms with Crippen LogP contribution in [0.1, 0.15) is 37.7 Å². The van der Waals surface area contributed by atoms with Gasteiger partial charge in [0.1, 0.15) is 0 Å². The van der Waals surface area contributed by atoms with Gasteiger partial charge in [0.25, 0.3) is 0 Å². The molecule has 0 aromatic heterocycles. The topological polar surface area (TPSA) is 61.4 Å². The van der Waals surface area contributed by atoms with Crippen molar-refractivity contribution in [2.75, 3.05) is 0 Å². The molecule has 0 heterocycles. The smallest absolute Gasteiger partial charge is 0.331 e. The summed E-state index contributed by atoms with van der Waals surface area (Å²) in [7, 11) is 0. The summed E-state index contributed by atoms with van der Waals surface area (Å²) >= 11 is 0. The van der Waals surface area contributed by atoms with Gasteiger partial charge < -0.3 is 5.32 Å². The van der Waals surface area contributed by atoms with Crippen molar-refractivity contribution in [1.82, 2.24) is 10.8 Å². The lowest BCUT2D eigenvalue weighted by Crippen LogP contribution is -2.54. The Hall–Kier alpha value is -1.55. The van der Waals surface area contributed by atoms with Crippen molar-refractivity contribution in [1.29, 1.82) is 0 Å². The summed E-state index contributed by atoms with van der Waals surface area (Å²) in [5.74, 6) is 0. The van der Waals surface area contributed by atoms with Crippen LogP contribution in [-0.4, -0.2) is 16.8 Å². The third kappa shape index (κ3) is 3.23. The maximum Gasteiger partial charge on any atom is 0.338 e. The maximum atomic E-state index is 11.4. The van der Waals surface area contributed by atoms with Gasteiger partial charge in [0.2, 0.25) is 0 Å². The molecule has 1 fully saturated rings. The molecule has 0 atom stereocenters. The van der Waals surface area contributed by atoms with E-state index in [2.05, 4.69) is 17.4 Å². The van der Waals surface area contributed by atoms with Gasteiger partial charge in [-0.05, 0) is 24.8 Å². The average molecular weight is 248 g/mol. The molecule has 4 heteroatoms. The molecule has 18 heavy (non-hydrogen) atoms. The van der Waals surface area contributed by atoms with Crippen molar-refractivity contribution >= 4 is 6.03 Å². The zero-order valence-corrected chi connectivity index (χ0v) is 10.5. The van der Waals surface area contributed by atoms with E-state index in [9.17, 15) is 4.79 Å². The highest BCUT2D eigenvalue weighted by molar-refractivity contribution is 5.73. The molecule has 2 amide bonds. The largest absolute Gasteiger partial charge is 0.338 e. The van der Waals surface area contributed by atoms with Crippen molar-refractivity contribution in [3.63, 3.8) is 0 Å². The zero-order chi connectivity index (χ0) is 12.8. The monoisotopic (exact) mass is 248 g/mol. The molecule has 0 spiro atoms. The molecule has 4 nitrogen and oxygen atoms in total. The van der Waals surface area contributed by atoms with Gasteiger partial charge in [0.05, 0.1) is 0 Å². The molecule has 0 unspecified atom stereocenters. The normalized spacial score (nSPS) is 18.1. The first kappa shape index (κ1) is 12.9. The van der Waals surface area contributed by atoms with Gasteiger partial charge in [-0.15, -0.1) is 0 Å². The molecule has 1 aliphatic rings. The van der Waals surface area contributed by atoms with E-state index in [4.69, 9.17) is 5.21 Å². The summed E-state index contributed by atoms with van der Waals surface area (Å²) in [5.41, 5.74) is 2.68. The van der Waals surface area contributed by atoms with E-state index in [1.807, 2.05) is 18.2 Å². The Morgan fingerprint density at radius 3 is 2.44 bits per heavy atom. The molecule has 0 saturated heterocycles. The molecular weight excluding hydrogens is 228 g/mol. The molecule has 0 aliphatic heterocycles. The first-order valence-corrected chi connectivity index (χ1v) is 6.50. The van der Waals surface area contributed by atoms with Crippen LogP contribution in [-0.2, 0) is 6.42 Å². The number of hydrogen-bond acceptors (Lipinski definition) is 2. The lowest BCUT2D eigenvalue weighted by atomic mass is 9.77. The molecule has 2 rings (SSSR count). The third-order valence-corrected chi connectivity index (χ3v) is 3.68. The predicted molar refractivity (Wildman–Crippen MR) is 69.4 cm³/mol. The number of carbonyl (C=O) groups is 1. The quantitative estimate of drug-likeness (QED) is 0.569. The minimum Gasteiger partial charge on any atom is -0.331 e. The van der Waals surface area contributed by atoms with Crippen LogP contribution in [0.15, 0.2) is 30.3 Å². The van der Waals surface area contributed by atoms with Gasteiger partial charge in [-0.25, -0.2) is 10.3 Å². The summed E-state index contributed by atoms with van der Waals surface area (Å²) < 4.78 is 0. The van der Waals surface area contributed by atoms with Gasteiger partial charge >= 0.3 is 6.03 Å². The molecule has 3 N–H and O–H groups in total. The number of nitrogens with one attached hydrogen (secondary N) is 2. The predicted octanol–water partition coefficient (Wildman–Crippen LogP) is 2.62. The van der Waals surface area contributed by atoms with E-state index in [0.717, 1.165) is 32.1 Å². The fraction of sp³-hybridized carbons (Fsp3) is 0.500. The first-order chi connectivity index (χ1) is 8.74. The average Bonchev–Trinajstić information content (AvgIpc) is 2.40. The van der Waals surface area contributed by atoms with Gasteiger partial charge in [-0.2, -0.15) is 0 Å². The molecule has 0 radical (unpaired) electrons. The Labute approximate surface area is 107 Å². The van der Waals surface area contributed by atoms with E-state index in [0.29, 0.717) is 0 Å². The zero-order valence-electron chi connectivity index (χ0n) is 10.5. The first-order valence-electron chi connectivity index (χ1n) is 6.50. The Bertz CT molecular complexity index is 386. The fourth-order valence-corrected chi connectivity index (χ4v) is 2.83. The van der Waals surface area contributed by atoms with Crippen LogP contribution in [0.2, 0.25) is 0 Å². The number of amides is 2. The Balaban J connectivity index is 2.11. The molecular formula is C14H20N2O2. The summed E-state index contributed by atoms with van der Waals surface area (Å²) in [6, 6.07) is 9.66. The minimum atomic E-state index is -0.507. The van der Waals surface area contributed by atoms with Crippen molar-refractivity contribution < 1.29 is 10.0 Å². The second-order valence-corrected chi connectivity index (χ2v) is 5.07. The summed E-state index contributed by atoms with van der Waals surface area (Å²) in [6.07, 6.45) is 6.22. The van der Waals surface area contributed by atoms with Crippen molar-refractivity contribution in [3.05, 3.63) is 35.9 Å². The van der Waals surface area contributed by atoms with Crippen molar-refractivity contribution in [2.45, 2.75) is 44.1 Å². The van der Waals surface area contributed by atoms with Crippen LogP contribution in [0, 0.1) is 0 Å². The van der Waals surface area contributed by atoms with Gasteiger partial charge in [-0.1, -0.05) is 49.6 Å². The number of urea groups is 1. The lowest BCUT2D eigenvalue weighted by Gasteiger charge is -2.38. The van der Waals surface area contributed by atoms with E-state index in [1.165, 1.54) is 12.0 Å². The molecule has 1 aromatic rings. The molecule has 98 valence electrons. The highest BCUT2D eigenvalue weighted by atomic mass is 16.5. The number of hydrogen-bond donors (Lipinski definition) is 3. The van der Waals surface area contributed by atoms with Gasteiger partial charge in [0.15, 0.2) is 0 Å². The number of carbonyl (C=O) groups excluding carboxylic acids is 1. The second kappa shape index (κ2) is 5.87. The van der Waals surface area contributed by atoms with Crippen LogP contribution in [0.5, 0.6) is 0 Å². The molecule has 0 bridgehead atoms. The number of rotatable bonds is 3. The summed E-state index contributed by atoms with van der Waals surface area (Å²) in [6.45, 7) is 0. The highest BCUT2D eigenvalue weighted by Crippen LogP contribution is 2.31. The molecule has 1 saturated carbocycles. The van der Waals surface area contributed by atoms with E-state index >= 15 is 0 Å².